The molecule has 17 heavy (non-hydrogen) atoms. The fourth-order valence-electron chi connectivity index (χ4n) is 1.53. The van der Waals surface area contributed by atoms with Crippen LogP contribution >= 0.6 is 0 Å². The Labute approximate surface area is 105 Å². The summed E-state index contributed by atoms with van der Waals surface area (Å²) in [6.45, 7) is 3.91. The van der Waals surface area contributed by atoms with Crippen molar-refractivity contribution >= 4 is 26.6 Å². The molecule has 0 aliphatic rings. The van der Waals surface area contributed by atoms with E-state index in [1.165, 1.54) is 0 Å². The van der Waals surface area contributed by atoms with Crippen molar-refractivity contribution in [2.75, 3.05) is 0 Å². The molecule has 2 rings (SSSR count). The highest BCUT2D eigenvalue weighted by atomic mass is 16.5. The van der Waals surface area contributed by atoms with Gasteiger partial charge >= 0.3 is 0 Å². The maximum absolute atomic E-state index is 5.83. The molecule has 0 aliphatic carbocycles. The number of hydrogen-bond donors (Lipinski definition) is 0. The van der Waals surface area contributed by atoms with E-state index in [2.05, 4.69) is 0 Å². The van der Waals surface area contributed by atoms with Crippen LogP contribution in [0.4, 0.5) is 0 Å². The lowest BCUT2D eigenvalue weighted by atomic mass is 9.91. The lowest BCUT2D eigenvalue weighted by molar-refractivity contribution is 0.483. The molecule has 0 spiro atoms. The van der Waals surface area contributed by atoms with Crippen molar-refractivity contribution in [3.8, 4) is 11.5 Å². The number of aryl methyl sites for hydroxylation is 2. The van der Waals surface area contributed by atoms with Crippen LogP contribution in [0.3, 0.4) is 0 Å². The predicted octanol–water partition coefficient (Wildman–Crippen LogP) is 1.68. The maximum atomic E-state index is 5.83. The Morgan fingerprint density at radius 1 is 0.765 bits per heavy atom. The van der Waals surface area contributed by atoms with Crippen LogP contribution in [0.2, 0.25) is 0 Å². The number of benzene rings is 2. The van der Waals surface area contributed by atoms with Gasteiger partial charge in [0.1, 0.15) is 27.2 Å². The summed E-state index contributed by atoms with van der Waals surface area (Å²) >= 11 is 0. The summed E-state index contributed by atoms with van der Waals surface area (Å²) in [5.41, 5.74) is 3.55. The molecule has 0 fully saturated rings. The minimum absolute atomic E-state index is 0.731. The summed E-state index contributed by atoms with van der Waals surface area (Å²) in [6, 6.07) is 11.2. The molecule has 4 radical (unpaired) electrons. The van der Waals surface area contributed by atoms with Crippen LogP contribution in [0, 0.1) is 13.8 Å². The van der Waals surface area contributed by atoms with Gasteiger partial charge in [0.15, 0.2) is 0 Å². The zero-order valence-electron chi connectivity index (χ0n) is 10.0. The molecular formula is C14H12B2O. The zero-order valence-corrected chi connectivity index (χ0v) is 10.0. The SMILES string of the molecule is [B]c1cc(Oc2ccc([B])c(C)c2)ccc1C. The first-order chi connectivity index (χ1) is 8.06. The fourth-order valence-corrected chi connectivity index (χ4v) is 1.53. The van der Waals surface area contributed by atoms with Crippen molar-refractivity contribution < 1.29 is 4.74 Å². The molecule has 0 N–H and O–H groups in total. The van der Waals surface area contributed by atoms with E-state index in [0.29, 0.717) is 0 Å². The largest absolute Gasteiger partial charge is 0.457 e. The van der Waals surface area contributed by atoms with Gasteiger partial charge in [-0.1, -0.05) is 34.2 Å². The molecule has 0 unspecified atom stereocenters. The smallest absolute Gasteiger partial charge is 0.127 e. The highest BCUT2D eigenvalue weighted by molar-refractivity contribution is 6.33. The monoisotopic (exact) mass is 218 g/mol. The Hall–Kier alpha value is -1.63. The number of rotatable bonds is 2. The molecule has 0 heterocycles. The Kier molecular flexibility index (Phi) is 3.28. The van der Waals surface area contributed by atoms with E-state index in [1.807, 2.05) is 50.2 Å². The maximum Gasteiger partial charge on any atom is 0.127 e. The standard InChI is InChI=1S/C14H12B2O/c1-9-3-4-12(8-14(9)16)17-11-5-6-13(15)10(2)7-11/h3-8H,1-2H3. The van der Waals surface area contributed by atoms with E-state index in [0.717, 1.165) is 33.6 Å². The zero-order chi connectivity index (χ0) is 12.4. The van der Waals surface area contributed by atoms with Gasteiger partial charge in [-0.3, -0.25) is 0 Å². The van der Waals surface area contributed by atoms with Gasteiger partial charge in [0.05, 0.1) is 0 Å². The molecule has 3 heteroatoms. The van der Waals surface area contributed by atoms with E-state index in [-0.39, 0.29) is 0 Å². The molecule has 0 aliphatic heterocycles. The lowest BCUT2D eigenvalue weighted by Gasteiger charge is -2.09. The molecule has 0 atom stereocenters. The van der Waals surface area contributed by atoms with Gasteiger partial charge in [0, 0.05) is 0 Å². The normalized spacial score (nSPS) is 10.2. The van der Waals surface area contributed by atoms with E-state index in [1.54, 1.807) is 0 Å². The van der Waals surface area contributed by atoms with Crippen LogP contribution in [-0.2, 0) is 0 Å². The first-order valence-electron chi connectivity index (χ1n) is 5.46. The van der Waals surface area contributed by atoms with E-state index in [4.69, 9.17) is 20.4 Å². The lowest BCUT2D eigenvalue weighted by Crippen LogP contribution is -2.07. The molecule has 0 amide bonds. The topological polar surface area (TPSA) is 9.23 Å². The van der Waals surface area contributed by atoms with Gasteiger partial charge < -0.3 is 4.74 Å². The molecule has 80 valence electrons. The van der Waals surface area contributed by atoms with E-state index < -0.39 is 0 Å². The van der Waals surface area contributed by atoms with Gasteiger partial charge in [-0.2, -0.15) is 0 Å². The van der Waals surface area contributed by atoms with Gasteiger partial charge in [-0.05, 0) is 38.1 Å². The molecule has 1 nitrogen and oxygen atoms in total. The summed E-state index contributed by atoms with van der Waals surface area (Å²) < 4.78 is 5.71. The second-order valence-corrected chi connectivity index (χ2v) is 4.14. The Balaban J connectivity index is 2.25. The van der Waals surface area contributed by atoms with Crippen molar-refractivity contribution in [1.29, 1.82) is 0 Å². The molecule has 0 bridgehead atoms. The third-order valence-electron chi connectivity index (χ3n) is 2.73. The third-order valence-corrected chi connectivity index (χ3v) is 2.73. The van der Waals surface area contributed by atoms with Crippen LogP contribution in [-0.4, -0.2) is 15.7 Å². The van der Waals surface area contributed by atoms with Gasteiger partial charge in [0.25, 0.3) is 0 Å². The first-order valence-corrected chi connectivity index (χ1v) is 5.46. The van der Waals surface area contributed by atoms with Crippen LogP contribution < -0.4 is 15.7 Å². The summed E-state index contributed by atoms with van der Waals surface area (Å²) in [4.78, 5) is 0. The van der Waals surface area contributed by atoms with Crippen molar-refractivity contribution in [2.24, 2.45) is 0 Å². The highest BCUT2D eigenvalue weighted by Crippen LogP contribution is 2.20. The van der Waals surface area contributed by atoms with Crippen LogP contribution in [0.15, 0.2) is 36.4 Å². The average molecular weight is 218 g/mol. The molecule has 2 aromatic rings. The van der Waals surface area contributed by atoms with Crippen LogP contribution in [0.5, 0.6) is 11.5 Å². The minimum atomic E-state index is 0.731. The van der Waals surface area contributed by atoms with Crippen LogP contribution in [0.1, 0.15) is 11.1 Å². The molecule has 0 aromatic heterocycles. The van der Waals surface area contributed by atoms with Gasteiger partial charge in [-0.25, -0.2) is 0 Å². The quantitative estimate of drug-likeness (QED) is 0.696. The second kappa shape index (κ2) is 4.70. The molecule has 0 saturated heterocycles. The summed E-state index contributed by atoms with van der Waals surface area (Å²) in [5.74, 6) is 1.50. The van der Waals surface area contributed by atoms with Crippen molar-refractivity contribution in [2.45, 2.75) is 13.8 Å². The molecule has 0 saturated carbocycles. The number of hydrogen-bond acceptors (Lipinski definition) is 1. The Morgan fingerprint density at radius 2 is 1.41 bits per heavy atom. The van der Waals surface area contributed by atoms with E-state index in [9.17, 15) is 0 Å². The Bertz CT molecular complexity index is 500. The number of ether oxygens (including phenoxy) is 1. The molecular weight excluding hydrogens is 206 g/mol. The van der Waals surface area contributed by atoms with Crippen LogP contribution in [0.25, 0.3) is 0 Å². The minimum Gasteiger partial charge on any atom is -0.457 e. The van der Waals surface area contributed by atoms with Crippen molar-refractivity contribution in [3.05, 3.63) is 47.5 Å². The second-order valence-electron chi connectivity index (χ2n) is 4.14. The fraction of sp³-hybridized carbons (Fsp3) is 0.143. The Morgan fingerprint density at radius 3 is 2.06 bits per heavy atom. The summed E-state index contributed by atoms with van der Waals surface area (Å²) in [7, 11) is 11.6. The van der Waals surface area contributed by atoms with Gasteiger partial charge in [0.2, 0.25) is 0 Å². The molecule has 2 aromatic carbocycles. The first kappa shape index (κ1) is 11.8. The highest BCUT2D eigenvalue weighted by Gasteiger charge is 2.00. The predicted molar refractivity (Wildman–Crippen MR) is 73.2 cm³/mol. The van der Waals surface area contributed by atoms with Crippen molar-refractivity contribution in [3.63, 3.8) is 0 Å². The summed E-state index contributed by atoms with van der Waals surface area (Å²) in [5, 5.41) is 0. The third kappa shape index (κ3) is 2.73. The van der Waals surface area contributed by atoms with Crippen molar-refractivity contribution in [1.82, 2.24) is 0 Å². The van der Waals surface area contributed by atoms with E-state index >= 15 is 0 Å². The average Bonchev–Trinajstić information content (AvgIpc) is 2.29. The van der Waals surface area contributed by atoms with Gasteiger partial charge in [-0.15, -0.1) is 0 Å². The summed E-state index contributed by atoms with van der Waals surface area (Å²) in [6.07, 6.45) is 0.